The molecule has 1 heterocycles. The van der Waals surface area contributed by atoms with Crippen LogP contribution in [0.5, 0.6) is 0 Å². The van der Waals surface area contributed by atoms with Gasteiger partial charge in [0.25, 0.3) is 0 Å². The van der Waals surface area contributed by atoms with E-state index in [1.807, 2.05) is 13.8 Å². The topological polar surface area (TPSA) is 55.7 Å². The Morgan fingerprint density at radius 1 is 1.33 bits per heavy atom. The number of aliphatic hydroxyl groups is 2. The van der Waals surface area contributed by atoms with Gasteiger partial charge in [-0.2, -0.15) is 0 Å². The monoisotopic (exact) mass is 216 g/mol. The first-order chi connectivity index (χ1) is 7.09. The summed E-state index contributed by atoms with van der Waals surface area (Å²) in [5, 5.41) is 22.0. The molecule has 0 aliphatic carbocycles. The van der Waals surface area contributed by atoms with Crippen LogP contribution in [0, 0.1) is 0 Å². The molecule has 0 spiro atoms. The smallest absolute Gasteiger partial charge is 0.0639 e. The molecule has 1 aliphatic rings. The minimum atomic E-state index is -0.267. The van der Waals surface area contributed by atoms with Crippen molar-refractivity contribution in [1.82, 2.24) is 10.2 Å². The van der Waals surface area contributed by atoms with E-state index in [2.05, 4.69) is 10.2 Å². The van der Waals surface area contributed by atoms with Crippen LogP contribution in [-0.4, -0.2) is 59.5 Å². The predicted octanol–water partition coefficient (Wildman–Crippen LogP) is -0.198. The molecule has 15 heavy (non-hydrogen) atoms. The molecular weight excluding hydrogens is 192 g/mol. The van der Waals surface area contributed by atoms with Gasteiger partial charge in [0.15, 0.2) is 0 Å². The molecule has 3 N–H and O–H groups in total. The standard InChI is InChI=1S/C11H24N2O2/c1-9(14)3-4-11-7-12-5-6-13(11)8-10(2)15/h9-12,14-15H,3-8H2,1-2H3. The Kier molecular flexibility index (Phi) is 5.53. The predicted molar refractivity (Wildman–Crippen MR) is 60.8 cm³/mol. The Bertz CT molecular complexity index is 174. The molecule has 0 aromatic heterocycles. The molecule has 0 saturated carbocycles. The van der Waals surface area contributed by atoms with E-state index in [1.165, 1.54) is 0 Å². The highest BCUT2D eigenvalue weighted by Crippen LogP contribution is 2.11. The lowest BCUT2D eigenvalue weighted by atomic mass is 10.0. The number of hydrogen-bond donors (Lipinski definition) is 3. The molecule has 0 aromatic rings. The van der Waals surface area contributed by atoms with E-state index in [4.69, 9.17) is 0 Å². The van der Waals surface area contributed by atoms with Gasteiger partial charge in [0, 0.05) is 32.2 Å². The van der Waals surface area contributed by atoms with Gasteiger partial charge in [0.2, 0.25) is 0 Å². The van der Waals surface area contributed by atoms with Gasteiger partial charge in [-0.15, -0.1) is 0 Å². The number of rotatable bonds is 5. The number of aliphatic hydroxyl groups excluding tert-OH is 2. The van der Waals surface area contributed by atoms with Crippen LogP contribution in [0.25, 0.3) is 0 Å². The van der Waals surface area contributed by atoms with E-state index >= 15 is 0 Å². The minimum absolute atomic E-state index is 0.222. The Morgan fingerprint density at radius 3 is 2.67 bits per heavy atom. The highest BCUT2D eigenvalue weighted by atomic mass is 16.3. The molecule has 0 bridgehead atoms. The van der Waals surface area contributed by atoms with Crippen LogP contribution in [0.2, 0.25) is 0 Å². The highest BCUT2D eigenvalue weighted by Gasteiger charge is 2.22. The SMILES string of the molecule is CC(O)CCC1CNCCN1CC(C)O. The van der Waals surface area contributed by atoms with Crippen molar-refractivity contribution in [3.8, 4) is 0 Å². The number of piperazine rings is 1. The van der Waals surface area contributed by atoms with Crippen LogP contribution >= 0.6 is 0 Å². The maximum atomic E-state index is 9.39. The first-order valence-electron chi connectivity index (χ1n) is 5.90. The van der Waals surface area contributed by atoms with Gasteiger partial charge in [-0.3, -0.25) is 4.90 Å². The van der Waals surface area contributed by atoms with Gasteiger partial charge >= 0.3 is 0 Å². The van der Waals surface area contributed by atoms with E-state index in [-0.39, 0.29) is 12.2 Å². The average molecular weight is 216 g/mol. The molecule has 1 aliphatic heterocycles. The third-order valence-corrected chi connectivity index (χ3v) is 2.89. The van der Waals surface area contributed by atoms with Crippen molar-refractivity contribution in [3.05, 3.63) is 0 Å². The zero-order valence-corrected chi connectivity index (χ0v) is 9.82. The molecule has 4 heteroatoms. The summed E-state index contributed by atoms with van der Waals surface area (Å²) >= 11 is 0. The first kappa shape index (κ1) is 12.9. The van der Waals surface area contributed by atoms with Crippen molar-refractivity contribution >= 4 is 0 Å². The third kappa shape index (κ3) is 4.93. The number of nitrogens with zero attached hydrogens (tertiary/aromatic N) is 1. The van der Waals surface area contributed by atoms with E-state index < -0.39 is 0 Å². The highest BCUT2D eigenvalue weighted by molar-refractivity contribution is 4.81. The van der Waals surface area contributed by atoms with Gasteiger partial charge in [-0.25, -0.2) is 0 Å². The fourth-order valence-corrected chi connectivity index (χ4v) is 2.10. The second-order valence-electron chi connectivity index (χ2n) is 4.63. The van der Waals surface area contributed by atoms with Gasteiger partial charge in [0.05, 0.1) is 12.2 Å². The van der Waals surface area contributed by atoms with Gasteiger partial charge in [-0.05, 0) is 26.7 Å². The quantitative estimate of drug-likeness (QED) is 0.596. The molecule has 1 fully saturated rings. The lowest BCUT2D eigenvalue weighted by Crippen LogP contribution is -2.53. The molecule has 90 valence electrons. The maximum Gasteiger partial charge on any atom is 0.0639 e. The Labute approximate surface area is 92.3 Å². The summed E-state index contributed by atoms with van der Waals surface area (Å²) in [4.78, 5) is 2.32. The second kappa shape index (κ2) is 6.43. The van der Waals surface area contributed by atoms with E-state index in [0.717, 1.165) is 39.0 Å². The van der Waals surface area contributed by atoms with Crippen molar-refractivity contribution in [2.75, 3.05) is 26.2 Å². The van der Waals surface area contributed by atoms with Gasteiger partial charge in [0.1, 0.15) is 0 Å². The summed E-state index contributed by atoms with van der Waals surface area (Å²) in [6, 6.07) is 0.461. The van der Waals surface area contributed by atoms with Crippen LogP contribution in [0.4, 0.5) is 0 Å². The zero-order valence-electron chi connectivity index (χ0n) is 9.82. The van der Waals surface area contributed by atoms with Crippen LogP contribution in [0.3, 0.4) is 0 Å². The fourth-order valence-electron chi connectivity index (χ4n) is 2.10. The molecule has 3 atom stereocenters. The summed E-state index contributed by atoms with van der Waals surface area (Å²) in [5.41, 5.74) is 0. The molecular formula is C11H24N2O2. The van der Waals surface area contributed by atoms with Crippen molar-refractivity contribution in [2.24, 2.45) is 0 Å². The molecule has 0 amide bonds. The first-order valence-corrected chi connectivity index (χ1v) is 5.90. The minimum Gasteiger partial charge on any atom is -0.393 e. The Morgan fingerprint density at radius 2 is 2.07 bits per heavy atom. The van der Waals surface area contributed by atoms with Crippen molar-refractivity contribution in [1.29, 1.82) is 0 Å². The van der Waals surface area contributed by atoms with Crippen molar-refractivity contribution in [3.63, 3.8) is 0 Å². The summed E-state index contributed by atoms with van der Waals surface area (Å²) in [6.07, 6.45) is 1.34. The lowest BCUT2D eigenvalue weighted by molar-refractivity contribution is 0.0719. The lowest BCUT2D eigenvalue weighted by Gasteiger charge is -2.37. The molecule has 1 saturated heterocycles. The van der Waals surface area contributed by atoms with Crippen LogP contribution in [0.15, 0.2) is 0 Å². The second-order valence-corrected chi connectivity index (χ2v) is 4.63. The van der Waals surface area contributed by atoms with Gasteiger partial charge in [-0.1, -0.05) is 0 Å². The molecule has 1 rings (SSSR count). The van der Waals surface area contributed by atoms with Crippen LogP contribution in [-0.2, 0) is 0 Å². The molecule has 0 radical (unpaired) electrons. The molecule has 3 unspecified atom stereocenters. The van der Waals surface area contributed by atoms with E-state index in [0.29, 0.717) is 6.04 Å². The number of β-amino-alcohol motifs (C(OH)–C–C–N with tert-alkyl or cyclic N) is 1. The van der Waals surface area contributed by atoms with Crippen molar-refractivity contribution < 1.29 is 10.2 Å². The summed E-state index contributed by atoms with van der Waals surface area (Å²) in [5.74, 6) is 0. The van der Waals surface area contributed by atoms with Crippen LogP contribution in [0.1, 0.15) is 26.7 Å². The Balaban J connectivity index is 2.35. The molecule has 0 aromatic carbocycles. The average Bonchev–Trinajstić information content (AvgIpc) is 2.15. The van der Waals surface area contributed by atoms with Gasteiger partial charge < -0.3 is 15.5 Å². The normalized spacial score (nSPS) is 27.6. The zero-order chi connectivity index (χ0) is 11.3. The van der Waals surface area contributed by atoms with Crippen LogP contribution < -0.4 is 5.32 Å². The van der Waals surface area contributed by atoms with Crippen molar-refractivity contribution in [2.45, 2.75) is 44.9 Å². The largest absolute Gasteiger partial charge is 0.393 e. The fraction of sp³-hybridized carbons (Fsp3) is 1.00. The molecule has 4 nitrogen and oxygen atoms in total. The summed E-state index contributed by atoms with van der Waals surface area (Å²) in [7, 11) is 0. The summed E-state index contributed by atoms with van der Waals surface area (Å²) in [6.45, 7) is 7.36. The number of hydrogen-bond acceptors (Lipinski definition) is 4. The number of nitrogens with one attached hydrogen (secondary N) is 1. The Hall–Kier alpha value is -0.160. The van der Waals surface area contributed by atoms with E-state index in [1.54, 1.807) is 0 Å². The third-order valence-electron chi connectivity index (χ3n) is 2.89. The van der Waals surface area contributed by atoms with E-state index in [9.17, 15) is 10.2 Å². The maximum absolute atomic E-state index is 9.39. The summed E-state index contributed by atoms with van der Waals surface area (Å²) < 4.78 is 0.